The number of rotatable bonds is 8. The summed E-state index contributed by atoms with van der Waals surface area (Å²) in [5.74, 6) is 0.745. The number of aromatic nitrogens is 1. The highest BCUT2D eigenvalue weighted by Gasteiger charge is 2.42. The second-order valence-corrected chi connectivity index (χ2v) is 9.21. The van der Waals surface area contributed by atoms with Gasteiger partial charge < -0.3 is 24.4 Å². The fourth-order valence-corrected chi connectivity index (χ4v) is 5.35. The molecule has 0 radical (unpaired) electrons. The number of carbonyl (C=O) groups excluding carboxylic acids is 1. The smallest absolute Gasteiger partial charge is 0.496 e. The Morgan fingerprint density at radius 1 is 1.11 bits per heavy atom. The molecule has 196 valence electrons. The van der Waals surface area contributed by atoms with Gasteiger partial charge in [0.05, 0.1) is 20.3 Å². The zero-order valence-electron chi connectivity index (χ0n) is 20.5. The molecule has 2 atom stereocenters. The van der Waals surface area contributed by atoms with E-state index in [1.807, 2.05) is 17.0 Å². The van der Waals surface area contributed by atoms with E-state index in [1.165, 1.54) is 25.3 Å². The summed E-state index contributed by atoms with van der Waals surface area (Å²) in [6, 6.07) is 7.25. The summed E-state index contributed by atoms with van der Waals surface area (Å²) < 4.78 is 53.2. The minimum Gasteiger partial charge on any atom is -0.496 e. The van der Waals surface area contributed by atoms with Crippen LogP contribution in [0.25, 0.3) is 0 Å². The van der Waals surface area contributed by atoms with E-state index in [0.29, 0.717) is 30.2 Å². The Labute approximate surface area is 208 Å². The van der Waals surface area contributed by atoms with Gasteiger partial charge in [0.25, 0.3) is 0 Å². The molecule has 1 aromatic heterocycles. The van der Waals surface area contributed by atoms with Crippen molar-refractivity contribution in [1.82, 2.24) is 15.2 Å². The van der Waals surface area contributed by atoms with Crippen LogP contribution in [0.5, 0.6) is 17.4 Å². The van der Waals surface area contributed by atoms with Crippen LogP contribution >= 0.6 is 0 Å². The van der Waals surface area contributed by atoms with Crippen LogP contribution in [0.3, 0.4) is 0 Å². The van der Waals surface area contributed by atoms with Gasteiger partial charge in [0.15, 0.2) is 0 Å². The zero-order valence-corrected chi connectivity index (χ0v) is 20.5. The van der Waals surface area contributed by atoms with E-state index >= 15 is 0 Å². The molecule has 0 bridgehead atoms. The largest absolute Gasteiger partial charge is 0.573 e. The van der Waals surface area contributed by atoms with E-state index in [1.54, 1.807) is 13.3 Å². The van der Waals surface area contributed by atoms with Crippen molar-refractivity contribution in [2.45, 2.75) is 63.5 Å². The van der Waals surface area contributed by atoms with Gasteiger partial charge in [0.2, 0.25) is 11.8 Å². The molecule has 2 aromatic rings. The monoisotopic (exact) mass is 507 g/mol. The minimum atomic E-state index is -4.79. The number of hydrogen-bond acceptors (Lipinski definition) is 6. The molecule has 1 N–H and O–H groups in total. The highest BCUT2D eigenvalue weighted by molar-refractivity contribution is 5.80. The zero-order chi connectivity index (χ0) is 25.7. The average Bonchev–Trinajstić information content (AvgIpc) is 3.30. The lowest BCUT2D eigenvalue weighted by Crippen LogP contribution is -2.41. The molecule has 1 aromatic carbocycles. The topological polar surface area (TPSA) is 72.9 Å². The highest BCUT2D eigenvalue weighted by Crippen LogP contribution is 2.39. The molecule has 10 heteroatoms. The van der Waals surface area contributed by atoms with Gasteiger partial charge in [0, 0.05) is 42.4 Å². The molecule has 1 aliphatic carbocycles. The number of nitrogens with one attached hydrogen (secondary N) is 1. The second-order valence-electron chi connectivity index (χ2n) is 9.21. The predicted octanol–water partition coefficient (Wildman–Crippen LogP) is 5.01. The van der Waals surface area contributed by atoms with Crippen molar-refractivity contribution in [2.24, 2.45) is 5.92 Å². The first-order valence-corrected chi connectivity index (χ1v) is 12.3. The Balaban J connectivity index is 1.58. The molecule has 1 aliphatic heterocycles. The third-order valence-corrected chi connectivity index (χ3v) is 6.99. The molecule has 1 amide bonds. The lowest BCUT2D eigenvalue weighted by molar-refractivity contribution is -0.274. The molecule has 2 fully saturated rings. The van der Waals surface area contributed by atoms with E-state index in [2.05, 4.69) is 15.0 Å². The van der Waals surface area contributed by atoms with Gasteiger partial charge in [-0.1, -0.05) is 19.3 Å². The first-order valence-electron chi connectivity index (χ1n) is 12.3. The highest BCUT2D eigenvalue weighted by atomic mass is 19.4. The Bertz CT molecular complexity index is 1040. The number of halogens is 3. The third-order valence-electron chi connectivity index (χ3n) is 6.99. The summed E-state index contributed by atoms with van der Waals surface area (Å²) in [4.78, 5) is 19.8. The van der Waals surface area contributed by atoms with E-state index < -0.39 is 6.36 Å². The molecule has 7 nitrogen and oxygen atoms in total. The van der Waals surface area contributed by atoms with Crippen LogP contribution < -0.4 is 19.5 Å². The number of ether oxygens (including phenoxy) is 3. The Hall–Kier alpha value is -3.01. The van der Waals surface area contributed by atoms with Crippen molar-refractivity contribution in [3.8, 4) is 17.4 Å². The van der Waals surface area contributed by atoms with Crippen molar-refractivity contribution < 1.29 is 32.2 Å². The minimum absolute atomic E-state index is 0.0129. The lowest BCUT2D eigenvalue weighted by Gasteiger charge is -2.33. The van der Waals surface area contributed by atoms with Crippen LogP contribution in [0.1, 0.15) is 55.7 Å². The van der Waals surface area contributed by atoms with Crippen LogP contribution in [-0.2, 0) is 11.3 Å². The molecule has 0 spiro atoms. The number of alkyl halides is 3. The number of carbonyl (C=O) groups is 1. The fourth-order valence-electron chi connectivity index (χ4n) is 5.35. The van der Waals surface area contributed by atoms with Crippen molar-refractivity contribution >= 4 is 5.91 Å². The maximum Gasteiger partial charge on any atom is 0.573 e. The Morgan fingerprint density at radius 2 is 1.89 bits per heavy atom. The molecule has 2 aliphatic rings. The van der Waals surface area contributed by atoms with E-state index in [-0.39, 0.29) is 36.2 Å². The normalized spacial score (nSPS) is 20.9. The van der Waals surface area contributed by atoms with Crippen LogP contribution in [0.2, 0.25) is 0 Å². The van der Waals surface area contributed by atoms with Crippen LogP contribution in [0.15, 0.2) is 36.5 Å². The summed E-state index contributed by atoms with van der Waals surface area (Å²) in [6.45, 7) is 0.803. The fraction of sp³-hybridized carbons (Fsp3) is 0.538. The summed E-state index contributed by atoms with van der Waals surface area (Å²) in [5.41, 5.74) is 1.33. The number of likely N-dealkylation sites (tertiary alicyclic amines) is 1. The molecular weight excluding hydrogens is 475 g/mol. The molecule has 1 saturated carbocycles. The van der Waals surface area contributed by atoms with Gasteiger partial charge in [-0.2, -0.15) is 0 Å². The number of hydrogen-bond donors (Lipinski definition) is 1. The SMILES string of the molecule is COc1ccc(OC(F)(F)F)cc1CNC1CCN(C(=O)C2CCCCC2)C1c1cccnc1OC. The maximum absolute atomic E-state index is 13.6. The number of amides is 1. The van der Waals surface area contributed by atoms with Crippen LogP contribution in [0.4, 0.5) is 13.2 Å². The summed E-state index contributed by atoms with van der Waals surface area (Å²) in [5, 5.41) is 3.46. The average molecular weight is 508 g/mol. The third kappa shape index (κ3) is 6.03. The van der Waals surface area contributed by atoms with Crippen molar-refractivity contribution in [3.63, 3.8) is 0 Å². The molecule has 4 rings (SSSR count). The van der Waals surface area contributed by atoms with Gasteiger partial charge in [-0.05, 0) is 49.6 Å². The Morgan fingerprint density at radius 3 is 2.58 bits per heavy atom. The first-order chi connectivity index (χ1) is 17.3. The van der Waals surface area contributed by atoms with E-state index in [4.69, 9.17) is 9.47 Å². The molecular formula is C26H32F3N3O4. The molecule has 36 heavy (non-hydrogen) atoms. The number of pyridine rings is 1. The molecule has 2 heterocycles. The molecule has 2 unspecified atom stereocenters. The Kier molecular flexibility index (Phi) is 8.23. The van der Waals surface area contributed by atoms with Gasteiger partial charge in [0.1, 0.15) is 11.5 Å². The van der Waals surface area contributed by atoms with Gasteiger partial charge in [-0.15, -0.1) is 13.2 Å². The number of benzene rings is 1. The maximum atomic E-state index is 13.6. The van der Waals surface area contributed by atoms with Crippen molar-refractivity contribution in [2.75, 3.05) is 20.8 Å². The number of methoxy groups -OCH3 is 2. The van der Waals surface area contributed by atoms with Gasteiger partial charge in [-0.3, -0.25) is 4.79 Å². The summed E-state index contributed by atoms with van der Waals surface area (Å²) in [6.07, 6.45) is 2.61. The van der Waals surface area contributed by atoms with E-state index in [9.17, 15) is 18.0 Å². The quantitative estimate of drug-likeness (QED) is 0.542. The second kappa shape index (κ2) is 11.4. The summed E-state index contributed by atoms with van der Waals surface area (Å²) >= 11 is 0. The summed E-state index contributed by atoms with van der Waals surface area (Å²) in [7, 11) is 3.01. The van der Waals surface area contributed by atoms with Gasteiger partial charge in [-0.25, -0.2) is 4.98 Å². The first kappa shape index (κ1) is 26.1. The number of nitrogens with zero attached hydrogens (tertiary/aromatic N) is 2. The van der Waals surface area contributed by atoms with Crippen LogP contribution in [-0.4, -0.2) is 49.0 Å². The van der Waals surface area contributed by atoms with Crippen molar-refractivity contribution in [3.05, 3.63) is 47.7 Å². The molecule has 1 saturated heterocycles. The lowest BCUT2D eigenvalue weighted by atomic mass is 9.87. The van der Waals surface area contributed by atoms with Crippen molar-refractivity contribution in [1.29, 1.82) is 0 Å². The van der Waals surface area contributed by atoms with Crippen LogP contribution in [0, 0.1) is 5.92 Å². The predicted molar refractivity (Wildman–Crippen MR) is 127 cm³/mol. The van der Waals surface area contributed by atoms with Gasteiger partial charge >= 0.3 is 6.36 Å². The van der Waals surface area contributed by atoms with E-state index in [0.717, 1.165) is 37.7 Å². The standard InChI is InChI=1S/C26H32F3N3O4/c1-34-22-11-10-19(36-26(27,28)29)15-18(22)16-31-21-12-14-32(25(33)17-7-4-3-5-8-17)23(21)20-9-6-13-30-24(20)35-2/h6,9-11,13,15,17,21,23,31H,3-5,7-8,12,14,16H2,1-2H3.